The van der Waals surface area contributed by atoms with Crippen LogP contribution in [0.15, 0.2) is 59.0 Å². The second-order valence-corrected chi connectivity index (χ2v) is 3.56. The Hall–Kier alpha value is -1.08. The molecule has 0 fully saturated rings. The highest BCUT2D eigenvalue weighted by molar-refractivity contribution is 9.10. The molecular formula is C12H9Br. The van der Waals surface area contributed by atoms with Crippen molar-refractivity contribution in [3.63, 3.8) is 0 Å². The van der Waals surface area contributed by atoms with Crippen LogP contribution in [0, 0.1) is 0 Å². The summed E-state index contributed by atoms with van der Waals surface area (Å²) < 4.78 is 8.52. The van der Waals surface area contributed by atoms with Gasteiger partial charge in [0.15, 0.2) is 0 Å². The van der Waals surface area contributed by atoms with Gasteiger partial charge in [0.1, 0.15) is 0 Å². The Kier molecular flexibility index (Phi) is 2.12. The molecule has 0 saturated carbocycles. The molecule has 0 bridgehead atoms. The zero-order valence-electron chi connectivity index (χ0n) is 8.00. The lowest BCUT2D eigenvalue weighted by Crippen LogP contribution is -1.77. The Bertz CT molecular complexity index is 437. The van der Waals surface area contributed by atoms with Gasteiger partial charge in [-0.1, -0.05) is 64.5 Å². The van der Waals surface area contributed by atoms with Crippen LogP contribution >= 0.6 is 15.9 Å². The largest absolute Gasteiger partial charge is 0.0635 e. The van der Waals surface area contributed by atoms with Crippen LogP contribution in [0.25, 0.3) is 11.1 Å². The number of rotatable bonds is 1. The van der Waals surface area contributed by atoms with E-state index < -0.39 is 0 Å². The van der Waals surface area contributed by atoms with Gasteiger partial charge in [0, 0.05) is 4.47 Å². The van der Waals surface area contributed by atoms with E-state index >= 15 is 0 Å². The van der Waals surface area contributed by atoms with Gasteiger partial charge in [0.25, 0.3) is 0 Å². The van der Waals surface area contributed by atoms with Crippen molar-refractivity contribution in [2.75, 3.05) is 0 Å². The molecule has 0 heterocycles. The topological polar surface area (TPSA) is 0 Å². The molecule has 0 aromatic heterocycles. The molecule has 0 unspecified atom stereocenters. The van der Waals surface area contributed by atoms with Crippen molar-refractivity contribution >= 4 is 15.9 Å². The molecule has 2 aromatic rings. The van der Waals surface area contributed by atoms with Crippen LogP contribution in [0.5, 0.6) is 0 Å². The van der Waals surface area contributed by atoms with Gasteiger partial charge < -0.3 is 0 Å². The summed E-state index contributed by atoms with van der Waals surface area (Å²) in [5.74, 6) is 0. The zero-order valence-corrected chi connectivity index (χ0v) is 8.58. The van der Waals surface area contributed by atoms with E-state index in [0.717, 1.165) is 15.6 Å². The van der Waals surface area contributed by atoms with E-state index in [1.807, 2.05) is 42.5 Å². The molecule has 13 heavy (non-hydrogen) atoms. The van der Waals surface area contributed by atoms with Crippen molar-refractivity contribution in [2.24, 2.45) is 0 Å². The van der Waals surface area contributed by atoms with Gasteiger partial charge in [-0.3, -0.25) is 0 Å². The highest BCUT2D eigenvalue weighted by atomic mass is 79.9. The van der Waals surface area contributed by atoms with Crippen molar-refractivity contribution in [1.82, 2.24) is 0 Å². The Morgan fingerprint density at radius 2 is 1.62 bits per heavy atom. The van der Waals surface area contributed by atoms with Gasteiger partial charge in [-0.05, 0) is 17.2 Å². The average molecular weight is 234 g/mol. The van der Waals surface area contributed by atoms with Gasteiger partial charge in [0.05, 0.1) is 1.37 Å². The van der Waals surface area contributed by atoms with Crippen molar-refractivity contribution in [2.45, 2.75) is 0 Å². The minimum atomic E-state index is 0.520. The van der Waals surface area contributed by atoms with Crippen LogP contribution in [-0.2, 0) is 0 Å². The first-order chi connectivity index (χ1) is 6.79. The molecule has 0 spiro atoms. The average Bonchev–Trinajstić information content (AvgIpc) is 2.23. The first-order valence-corrected chi connectivity index (χ1v) is 4.89. The molecule has 2 rings (SSSR count). The molecule has 0 amide bonds. The Morgan fingerprint density at radius 3 is 2.38 bits per heavy atom. The zero-order chi connectivity index (χ0) is 9.97. The quantitative estimate of drug-likeness (QED) is 0.696. The first-order valence-electron chi connectivity index (χ1n) is 4.59. The van der Waals surface area contributed by atoms with Crippen LogP contribution in [0.4, 0.5) is 0 Å². The Labute approximate surface area is 87.8 Å². The predicted octanol–water partition coefficient (Wildman–Crippen LogP) is 4.12. The van der Waals surface area contributed by atoms with Crippen molar-refractivity contribution in [3.05, 3.63) is 59.0 Å². The van der Waals surface area contributed by atoms with E-state index in [4.69, 9.17) is 1.37 Å². The summed E-state index contributed by atoms with van der Waals surface area (Å²) in [6.45, 7) is 0. The fourth-order valence-corrected chi connectivity index (χ4v) is 1.75. The molecule has 0 saturated heterocycles. The maximum absolute atomic E-state index is 7.66. The second-order valence-electron chi connectivity index (χ2n) is 2.76. The summed E-state index contributed by atoms with van der Waals surface area (Å²) in [5.41, 5.74) is 2.20. The highest BCUT2D eigenvalue weighted by Gasteiger charge is 1.99. The standard InChI is InChI=1S/C12H9Br/c13-12-9-5-4-8-11(12)10-6-2-1-3-7-10/h1-9H/i9D. The van der Waals surface area contributed by atoms with E-state index in [0.29, 0.717) is 6.04 Å². The molecule has 1 heteroatoms. The number of hydrogen-bond donors (Lipinski definition) is 0. The molecule has 0 aliphatic carbocycles. The first kappa shape index (κ1) is 7.34. The molecular weight excluding hydrogens is 224 g/mol. The van der Waals surface area contributed by atoms with Crippen molar-refractivity contribution in [1.29, 1.82) is 0 Å². The van der Waals surface area contributed by atoms with Crippen molar-refractivity contribution in [3.8, 4) is 11.1 Å². The lowest BCUT2D eigenvalue weighted by Gasteiger charge is -2.02. The summed E-state index contributed by atoms with van der Waals surface area (Å²) in [6.07, 6.45) is 0. The highest BCUT2D eigenvalue weighted by Crippen LogP contribution is 2.27. The summed E-state index contributed by atoms with van der Waals surface area (Å²) >= 11 is 3.43. The van der Waals surface area contributed by atoms with Gasteiger partial charge in [-0.2, -0.15) is 0 Å². The maximum atomic E-state index is 7.66. The monoisotopic (exact) mass is 233 g/mol. The van der Waals surface area contributed by atoms with Crippen LogP contribution in [-0.4, -0.2) is 0 Å². The number of halogens is 1. The van der Waals surface area contributed by atoms with Gasteiger partial charge in [-0.25, -0.2) is 0 Å². The second kappa shape index (κ2) is 3.75. The molecule has 0 N–H and O–H groups in total. The lowest BCUT2D eigenvalue weighted by molar-refractivity contribution is 1.58. The van der Waals surface area contributed by atoms with E-state index in [1.165, 1.54) is 0 Å². The van der Waals surface area contributed by atoms with Gasteiger partial charge in [0.2, 0.25) is 0 Å². The summed E-state index contributed by atoms with van der Waals surface area (Å²) in [5, 5.41) is 0. The molecule has 0 atom stereocenters. The molecule has 64 valence electrons. The van der Waals surface area contributed by atoms with E-state index in [9.17, 15) is 0 Å². The number of benzene rings is 2. The fraction of sp³-hybridized carbons (Fsp3) is 0. The molecule has 0 aliphatic rings. The lowest BCUT2D eigenvalue weighted by atomic mass is 10.1. The third-order valence-electron chi connectivity index (χ3n) is 1.89. The maximum Gasteiger partial charge on any atom is 0.0635 e. The van der Waals surface area contributed by atoms with Crippen molar-refractivity contribution < 1.29 is 1.37 Å². The van der Waals surface area contributed by atoms with E-state index in [-0.39, 0.29) is 0 Å². The third kappa shape index (κ3) is 1.81. The summed E-state index contributed by atoms with van der Waals surface area (Å²) in [6, 6.07) is 16.3. The van der Waals surface area contributed by atoms with E-state index in [2.05, 4.69) is 15.9 Å². The number of hydrogen-bond acceptors (Lipinski definition) is 0. The van der Waals surface area contributed by atoms with Crippen LogP contribution < -0.4 is 0 Å². The van der Waals surface area contributed by atoms with Gasteiger partial charge in [-0.15, -0.1) is 0 Å². The van der Waals surface area contributed by atoms with E-state index in [1.54, 1.807) is 6.07 Å². The van der Waals surface area contributed by atoms with Crippen LogP contribution in [0.1, 0.15) is 1.37 Å². The Morgan fingerprint density at radius 1 is 0.923 bits per heavy atom. The molecule has 0 aliphatic heterocycles. The van der Waals surface area contributed by atoms with Crippen LogP contribution in [0.3, 0.4) is 0 Å². The smallest absolute Gasteiger partial charge is 0.0622 e. The van der Waals surface area contributed by atoms with Gasteiger partial charge >= 0.3 is 0 Å². The Balaban J connectivity index is 2.58. The molecule has 2 aromatic carbocycles. The fourth-order valence-electron chi connectivity index (χ4n) is 1.26. The van der Waals surface area contributed by atoms with Crippen LogP contribution in [0.2, 0.25) is 0 Å². The SMILES string of the molecule is [2H]c1cccc(-c2ccccc2)c1Br. The third-order valence-corrected chi connectivity index (χ3v) is 2.55. The summed E-state index contributed by atoms with van der Waals surface area (Å²) in [7, 11) is 0. The summed E-state index contributed by atoms with van der Waals surface area (Å²) in [4.78, 5) is 0. The minimum absolute atomic E-state index is 0.520. The molecule has 0 radical (unpaired) electrons. The minimum Gasteiger partial charge on any atom is -0.0622 e. The predicted molar refractivity (Wildman–Crippen MR) is 59.6 cm³/mol. The molecule has 0 nitrogen and oxygen atoms in total. The normalized spacial score (nSPS) is 11.0.